The van der Waals surface area contributed by atoms with E-state index >= 15 is 0 Å². The molecule has 0 spiro atoms. The van der Waals surface area contributed by atoms with Gasteiger partial charge in [-0.25, -0.2) is 0 Å². The van der Waals surface area contributed by atoms with Crippen molar-refractivity contribution in [1.82, 2.24) is 5.32 Å². The fourth-order valence-electron chi connectivity index (χ4n) is 6.69. The van der Waals surface area contributed by atoms with E-state index in [0.29, 0.717) is 36.1 Å². The first-order valence-electron chi connectivity index (χ1n) is 17.0. The van der Waals surface area contributed by atoms with Crippen molar-refractivity contribution < 1.29 is 27.6 Å². The number of primary amides is 1. The second kappa shape index (κ2) is 15.6. The molecule has 262 valence electrons. The molecule has 0 aromatic heterocycles. The molecule has 0 radical (unpaired) electrons. The molecule has 3 atom stereocenters. The summed E-state index contributed by atoms with van der Waals surface area (Å²) in [6.45, 7) is 6.17. The van der Waals surface area contributed by atoms with Gasteiger partial charge in [-0.1, -0.05) is 87.9 Å². The van der Waals surface area contributed by atoms with Gasteiger partial charge in [0.25, 0.3) is 5.91 Å². The maximum Gasteiger partial charge on any atom is 0.416 e. The first kappa shape index (κ1) is 36.2. The lowest BCUT2D eigenvalue weighted by atomic mass is 9.81. The third-order valence-corrected chi connectivity index (χ3v) is 9.10. The van der Waals surface area contributed by atoms with Gasteiger partial charge >= 0.3 is 6.18 Å². The van der Waals surface area contributed by atoms with Crippen molar-refractivity contribution >= 4 is 34.8 Å². The van der Waals surface area contributed by atoms with Gasteiger partial charge in [0.1, 0.15) is 6.04 Å². The predicted octanol–water partition coefficient (Wildman–Crippen LogP) is 8.11. The summed E-state index contributed by atoms with van der Waals surface area (Å²) in [4.78, 5) is 45.0. The first-order valence-corrected chi connectivity index (χ1v) is 17.0. The van der Waals surface area contributed by atoms with Gasteiger partial charge in [-0.05, 0) is 77.9 Å². The van der Waals surface area contributed by atoms with E-state index in [1.807, 2.05) is 98.5 Å². The van der Waals surface area contributed by atoms with Crippen LogP contribution < -0.4 is 20.9 Å². The van der Waals surface area contributed by atoms with Gasteiger partial charge in [-0.3, -0.25) is 14.4 Å². The number of amides is 3. The van der Waals surface area contributed by atoms with Crippen molar-refractivity contribution in [3.63, 3.8) is 0 Å². The Balaban J connectivity index is 1.53. The number of nitrogens with zero attached hydrogens (tertiary/aromatic N) is 2. The van der Waals surface area contributed by atoms with Gasteiger partial charge in [-0.2, -0.15) is 13.2 Å². The average Bonchev–Trinajstić information content (AvgIpc) is 3.20. The molecule has 1 heterocycles. The summed E-state index contributed by atoms with van der Waals surface area (Å²) < 4.78 is 39.6. The number of hydrogen-bond acceptors (Lipinski definition) is 4. The van der Waals surface area contributed by atoms with Gasteiger partial charge in [0.05, 0.1) is 30.0 Å². The van der Waals surface area contributed by atoms with Crippen LogP contribution >= 0.6 is 0 Å². The third kappa shape index (κ3) is 8.35. The van der Waals surface area contributed by atoms with Gasteiger partial charge < -0.3 is 20.9 Å². The minimum absolute atomic E-state index is 0.104. The quantitative estimate of drug-likeness (QED) is 0.158. The summed E-state index contributed by atoms with van der Waals surface area (Å²) in [5, 5.41) is 3.04. The lowest BCUT2D eigenvalue weighted by molar-refractivity contribution is -0.137. The molecule has 3 amide bonds. The molecule has 50 heavy (non-hydrogen) atoms. The molecule has 0 bridgehead atoms. The molecule has 10 heteroatoms. The van der Waals surface area contributed by atoms with Crippen molar-refractivity contribution in [2.45, 2.75) is 58.8 Å². The number of para-hydroxylation sites is 3. The van der Waals surface area contributed by atoms with Crippen LogP contribution in [0.3, 0.4) is 0 Å². The molecule has 1 aliphatic rings. The van der Waals surface area contributed by atoms with Crippen LogP contribution in [0.4, 0.5) is 30.2 Å². The van der Waals surface area contributed by atoms with E-state index < -0.39 is 41.4 Å². The summed E-state index contributed by atoms with van der Waals surface area (Å²) >= 11 is 0. The number of nitrogens with one attached hydrogen (secondary N) is 1. The highest BCUT2D eigenvalue weighted by atomic mass is 19.4. The van der Waals surface area contributed by atoms with Crippen LogP contribution in [-0.4, -0.2) is 30.3 Å². The topological polar surface area (TPSA) is 95.7 Å². The molecular weight excluding hydrogens is 641 g/mol. The molecule has 7 nitrogen and oxygen atoms in total. The largest absolute Gasteiger partial charge is 0.416 e. The zero-order valence-electron chi connectivity index (χ0n) is 28.5. The van der Waals surface area contributed by atoms with E-state index in [1.165, 1.54) is 12.1 Å². The van der Waals surface area contributed by atoms with E-state index in [1.54, 1.807) is 11.0 Å². The molecule has 0 aliphatic carbocycles. The summed E-state index contributed by atoms with van der Waals surface area (Å²) in [6, 6.07) is 28.4. The minimum atomic E-state index is -4.44. The highest BCUT2D eigenvalue weighted by molar-refractivity contribution is 6.04. The van der Waals surface area contributed by atoms with Crippen molar-refractivity contribution in [2.75, 3.05) is 16.3 Å². The monoisotopic (exact) mass is 684 g/mol. The molecule has 1 aliphatic heterocycles. The minimum Gasteiger partial charge on any atom is -0.369 e. The number of fused-ring (bicyclic) bond motifs is 1. The first-order chi connectivity index (χ1) is 23.9. The SMILES string of the molecule is CCCC(C(N)=O)C(CC(C)C)C(=O)NC1CN(c2ccccc2)c2ccccc2N(Cc2cccc(-c3ccc(C(F)(F)F)cc3)c2)C1=O. The Morgan fingerprint density at radius 3 is 2.14 bits per heavy atom. The number of benzene rings is 4. The summed E-state index contributed by atoms with van der Waals surface area (Å²) in [6.07, 6.45) is -2.87. The number of anilines is 3. The Kier molecular flexibility index (Phi) is 11.3. The molecule has 3 unspecified atom stereocenters. The normalized spacial score (nSPS) is 16.1. The predicted molar refractivity (Wildman–Crippen MR) is 190 cm³/mol. The van der Waals surface area contributed by atoms with E-state index in [2.05, 4.69) is 5.32 Å². The zero-order valence-corrected chi connectivity index (χ0v) is 28.5. The number of nitrogens with two attached hydrogens (primary N) is 1. The lowest BCUT2D eigenvalue weighted by Crippen LogP contribution is -2.54. The number of carbonyl (C=O) groups excluding carboxylic acids is 3. The van der Waals surface area contributed by atoms with E-state index in [9.17, 15) is 27.6 Å². The van der Waals surface area contributed by atoms with Gasteiger partial charge in [0.2, 0.25) is 11.8 Å². The highest BCUT2D eigenvalue weighted by Crippen LogP contribution is 2.39. The molecule has 3 N–H and O–H groups in total. The molecule has 0 saturated carbocycles. The maximum atomic E-state index is 14.7. The summed E-state index contributed by atoms with van der Waals surface area (Å²) in [5.41, 5.74) is 9.38. The smallest absolute Gasteiger partial charge is 0.369 e. The lowest BCUT2D eigenvalue weighted by Gasteiger charge is -2.30. The number of carbonyl (C=O) groups is 3. The van der Waals surface area contributed by atoms with Gasteiger partial charge in [0.15, 0.2) is 0 Å². The summed E-state index contributed by atoms with van der Waals surface area (Å²) in [7, 11) is 0. The zero-order chi connectivity index (χ0) is 36.0. The van der Waals surface area contributed by atoms with E-state index in [-0.39, 0.29) is 24.9 Å². The standard InChI is InChI=1S/C40H43F3N4O3/c1-4-11-32(37(44)48)33(22-26(2)3)38(49)45-34-25-46(31-14-6-5-7-15-31)35-16-8-9-17-36(35)47(39(34)50)24-27-12-10-13-29(23-27)28-18-20-30(21-19-28)40(41,42)43/h5-10,12-21,23,26,32-34H,4,11,22,24-25H2,1-3H3,(H2,44,48)(H,45,49). The van der Waals surface area contributed by atoms with Crippen LogP contribution in [0.25, 0.3) is 11.1 Å². The fourth-order valence-corrected chi connectivity index (χ4v) is 6.69. The Morgan fingerprint density at radius 2 is 1.52 bits per heavy atom. The number of rotatable bonds is 12. The van der Waals surface area contributed by atoms with Crippen molar-refractivity contribution in [1.29, 1.82) is 0 Å². The number of halogens is 3. The fraction of sp³-hybridized carbons (Fsp3) is 0.325. The van der Waals surface area contributed by atoms with Gasteiger partial charge in [0, 0.05) is 17.5 Å². The molecule has 0 fully saturated rings. The Morgan fingerprint density at radius 1 is 0.860 bits per heavy atom. The second-order valence-corrected chi connectivity index (χ2v) is 13.2. The summed E-state index contributed by atoms with van der Waals surface area (Å²) in [5.74, 6) is -2.53. The maximum absolute atomic E-state index is 14.7. The second-order valence-electron chi connectivity index (χ2n) is 13.2. The van der Waals surface area contributed by atoms with E-state index in [4.69, 9.17) is 5.73 Å². The van der Waals surface area contributed by atoms with Crippen LogP contribution in [0.5, 0.6) is 0 Å². The van der Waals surface area contributed by atoms with Crippen molar-refractivity contribution in [2.24, 2.45) is 23.5 Å². The van der Waals surface area contributed by atoms with Crippen LogP contribution in [-0.2, 0) is 27.1 Å². The average molecular weight is 685 g/mol. The number of alkyl halides is 3. The Labute approximate surface area is 291 Å². The third-order valence-electron chi connectivity index (χ3n) is 9.10. The highest BCUT2D eigenvalue weighted by Gasteiger charge is 2.39. The Bertz CT molecular complexity index is 1790. The van der Waals surface area contributed by atoms with Crippen molar-refractivity contribution in [3.8, 4) is 11.1 Å². The molecule has 5 rings (SSSR count). The Hall–Kier alpha value is -5.12. The van der Waals surface area contributed by atoms with Crippen LogP contribution in [0.1, 0.15) is 51.2 Å². The number of hydrogen-bond donors (Lipinski definition) is 2. The van der Waals surface area contributed by atoms with Crippen LogP contribution in [0, 0.1) is 17.8 Å². The molecule has 4 aromatic rings. The van der Waals surface area contributed by atoms with Crippen LogP contribution in [0.2, 0.25) is 0 Å². The molecule has 4 aromatic carbocycles. The van der Waals surface area contributed by atoms with Crippen LogP contribution in [0.15, 0.2) is 103 Å². The van der Waals surface area contributed by atoms with E-state index in [0.717, 1.165) is 29.1 Å². The van der Waals surface area contributed by atoms with Gasteiger partial charge in [-0.15, -0.1) is 0 Å². The molecule has 0 saturated heterocycles. The van der Waals surface area contributed by atoms with Crippen molar-refractivity contribution in [3.05, 3.63) is 114 Å². The molecular formula is C40H43F3N4O3.